The number of amides is 1. The van der Waals surface area contributed by atoms with Gasteiger partial charge in [-0.1, -0.05) is 61.8 Å². The number of aliphatic hydroxyl groups is 1. The Morgan fingerprint density at radius 3 is 2.46 bits per heavy atom. The molecule has 0 aliphatic carbocycles. The third kappa shape index (κ3) is 6.63. The van der Waals surface area contributed by atoms with E-state index in [-0.39, 0.29) is 19.3 Å². The molecule has 1 aliphatic rings. The van der Waals surface area contributed by atoms with Crippen molar-refractivity contribution in [3.05, 3.63) is 94.0 Å². The van der Waals surface area contributed by atoms with E-state index in [1.54, 1.807) is 12.1 Å². The smallest absolute Gasteiger partial charge is 0.248 e. The number of primary amides is 1. The van der Waals surface area contributed by atoms with Gasteiger partial charge in [-0.05, 0) is 53.3 Å². The average Bonchev–Trinajstić information content (AvgIpc) is 2.92. The van der Waals surface area contributed by atoms with Crippen molar-refractivity contribution >= 4 is 23.2 Å². The first kappa shape index (κ1) is 27.0. The Morgan fingerprint density at radius 2 is 1.84 bits per heavy atom. The van der Waals surface area contributed by atoms with E-state index in [0.717, 1.165) is 38.3 Å². The molecule has 3 aromatic rings. The SMILES string of the molecule is CCc1ccc([C@@H]2CN(C[C@H](C)c3ccc(C(N)=O)cc3)CCN2c2ccc(OCCO)cc2Cl)cc1. The van der Waals surface area contributed by atoms with Gasteiger partial charge in [0.05, 0.1) is 23.4 Å². The maximum atomic E-state index is 11.4. The Hall–Kier alpha value is -3.06. The molecule has 0 saturated carbocycles. The van der Waals surface area contributed by atoms with Crippen molar-refractivity contribution in [2.24, 2.45) is 5.73 Å². The van der Waals surface area contributed by atoms with Gasteiger partial charge in [0, 0.05) is 37.8 Å². The number of aliphatic hydroxyl groups excluding tert-OH is 1. The van der Waals surface area contributed by atoms with E-state index in [2.05, 4.69) is 47.9 Å². The van der Waals surface area contributed by atoms with Gasteiger partial charge >= 0.3 is 0 Å². The number of hydrogen-bond acceptors (Lipinski definition) is 5. The van der Waals surface area contributed by atoms with Crippen LogP contribution in [0.3, 0.4) is 0 Å². The molecule has 7 heteroatoms. The van der Waals surface area contributed by atoms with Crippen molar-refractivity contribution in [1.29, 1.82) is 0 Å². The highest BCUT2D eigenvalue weighted by molar-refractivity contribution is 6.33. The van der Waals surface area contributed by atoms with Crippen molar-refractivity contribution < 1.29 is 14.6 Å². The van der Waals surface area contributed by atoms with Crippen LogP contribution in [0.5, 0.6) is 5.75 Å². The van der Waals surface area contributed by atoms with E-state index >= 15 is 0 Å². The summed E-state index contributed by atoms with van der Waals surface area (Å²) in [6.07, 6.45) is 1.01. The number of anilines is 1. The Kier molecular flexibility index (Phi) is 9.09. The molecule has 0 aromatic heterocycles. The van der Waals surface area contributed by atoms with Gasteiger partial charge in [-0.25, -0.2) is 0 Å². The Morgan fingerprint density at radius 1 is 1.11 bits per heavy atom. The van der Waals surface area contributed by atoms with Gasteiger partial charge in [0.1, 0.15) is 12.4 Å². The fourth-order valence-electron chi connectivity index (χ4n) is 5.00. The van der Waals surface area contributed by atoms with Crippen LogP contribution < -0.4 is 15.4 Å². The van der Waals surface area contributed by atoms with Crippen LogP contribution >= 0.6 is 11.6 Å². The molecule has 1 aliphatic heterocycles. The van der Waals surface area contributed by atoms with E-state index in [0.29, 0.717) is 22.3 Å². The summed E-state index contributed by atoms with van der Waals surface area (Å²) in [5, 5.41) is 9.70. The van der Waals surface area contributed by atoms with E-state index < -0.39 is 5.91 Å². The molecule has 2 atom stereocenters. The lowest BCUT2D eigenvalue weighted by Gasteiger charge is -2.44. The summed E-state index contributed by atoms with van der Waals surface area (Å²) in [5.74, 6) is 0.559. The maximum Gasteiger partial charge on any atom is 0.248 e. The fourth-order valence-corrected chi connectivity index (χ4v) is 5.28. The molecule has 1 saturated heterocycles. The molecule has 6 nitrogen and oxygen atoms in total. The zero-order chi connectivity index (χ0) is 26.4. The van der Waals surface area contributed by atoms with Crippen LogP contribution in [0.4, 0.5) is 5.69 Å². The number of rotatable bonds is 10. The van der Waals surface area contributed by atoms with Crippen molar-refractivity contribution in [3.8, 4) is 5.75 Å². The van der Waals surface area contributed by atoms with Gasteiger partial charge in [-0.15, -0.1) is 0 Å². The van der Waals surface area contributed by atoms with Gasteiger partial charge in [0.25, 0.3) is 0 Å². The van der Waals surface area contributed by atoms with Crippen LogP contribution in [0.1, 0.15) is 52.9 Å². The van der Waals surface area contributed by atoms with Crippen molar-refractivity contribution in [3.63, 3.8) is 0 Å². The summed E-state index contributed by atoms with van der Waals surface area (Å²) in [6.45, 7) is 8.12. The monoisotopic (exact) mass is 521 g/mol. The highest BCUT2D eigenvalue weighted by Crippen LogP contribution is 2.37. The van der Waals surface area contributed by atoms with Gasteiger partial charge in [-0.3, -0.25) is 9.69 Å². The van der Waals surface area contributed by atoms with Crippen molar-refractivity contribution in [1.82, 2.24) is 4.90 Å². The maximum absolute atomic E-state index is 11.4. The molecule has 0 bridgehead atoms. The lowest BCUT2D eigenvalue weighted by molar-refractivity contribution is 0.1000. The summed E-state index contributed by atoms with van der Waals surface area (Å²) in [4.78, 5) is 16.3. The first-order valence-electron chi connectivity index (χ1n) is 12.9. The summed E-state index contributed by atoms with van der Waals surface area (Å²) >= 11 is 6.75. The van der Waals surface area contributed by atoms with E-state index in [1.165, 1.54) is 16.7 Å². The second-order valence-electron chi connectivity index (χ2n) is 9.64. The number of hydrogen-bond donors (Lipinski definition) is 2. The normalized spacial score (nSPS) is 17.0. The minimum absolute atomic E-state index is 0.0368. The minimum atomic E-state index is -0.404. The largest absolute Gasteiger partial charge is 0.491 e. The highest BCUT2D eigenvalue weighted by Gasteiger charge is 2.30. The number of carbonyl (C=O) groups excluding carboxylic acids is 1. The van der Waals surface area contributed by atoms with Crippen LogP contribution in [0.25, 0.3) is 0 Å². The number of halogens is 1. The molecule has 37 heavy (non-hydrogen) atoms. The first-order valence-corrected chi connectivity index (χ1v) is 13.3. The van der Waals surface area contributed by atoms with Crippen molar-refractivity contribution in [2.45, 2.75) is 32.2 Å². The zero-order valence-corrected chi connectivity index (χ0v) is 22.3. The Labute approximate surface area is 224 Å². The molecule has 1 fully saturated rings. The van der Waals surface area contributed by atoms with Crippen LogP contribution in [-0.2, 0) is 6.42 Å². The lowest BCUT2D eigenvalue weighted by Crippen LogP contribution is -2.49. The minimum Gasteiger partial charge on any atom is -0.491 e. The second kappa shape index (κ2) is 12.5. The molecule has 3 N–H and O–H groups in total. The van der Waals surface area contributed by atoms with Crippen LogP contribution in [0.15, 0.2) is 66.7 Å². The molecule has 196 valence electrons. The average molecular weight is 522 g/mol. The predicted octanol–water partition coefficient (Wildman–Crippen LogP) is 5.04. The fraction of sp³-hybridized carbons (Fsp3) is 0.367. The molecular weight excluding hydrogens is 486 g/mol. The van der Waals surface area contributed by atoms with Crippen LogP contribution in [-0.4, -0.2) is 55.3 Å². The number of benzene rings is 3. The standard InChI is InChI=1S/C30H36ClN3O3/c1-3-22-4-6-24(7-5-22)29-20-33(19-21(2)23-8-10-25(11-9-23)30(32)36)14-15-34(29)28-13-12-26(18-27(28)31)37-17-16-35/h4-13,18,21,29,35H,3,14-17,19-20H2,1-2H3,(H2,32,36)/t21-,29-/m0/s1. The Balaban J connectivity index is 1.55. The number of piperazine rings is 1. The van der Waals surface area contributed by atoms with Crippen molar-refractivity contribution in [2.75, 3.05) is 44.3 Å². The number of nitrogens with zero attached hydrogens (tertiary/aromatic N) is 2. The number of aryl methyl sites for hydroxylation is 1. The summed E-state index contributed by atoms with van der Waals surface area (Å²) in [7, 11) is 0. The van der Waals surface area contributed by atoms with E-state index in [4.69, 9.17) is 27.2 Å². The quantitative estimate of drug-likeness (QED) is 0.391. The summed E-state index contributed by atoms with van der Waals surface area (Å²) in [5.41, 5.74) is 10.7. The summed E-state index contributed by atoms with van der Waals surface area (Å²) < 4.78 is 5.55. The topological polar surface area (TPSA) is 79.0 Å². The van der Waals surface area contributed by atoms with Crippen LogP contribution in [0.2, 0.25) is 5.02 Å². The second-order valence-corrected chi connectivity index (χ2v) is 10.0. The number of carbonyl (C=O) groups is 1. The predicted molar refractivity (Wildman–Crippen MR) is 150 cm³/mol. The molecule has 3 aromatic carbocycles. The number of ether oxygens (including phenoxy) is 1. The third-order valence-corrected chi connectivity index (χ3v) is 7.42. The molecular formula is C30H36ClN3O3. The number of nitrogens with two attached hydrogens (primary N) is 1. The van der Waals surface area contributed by atoms with E-state index in [9.17, 15) is 4.79 Å². The van der Waals surface area contributed by atoms with E-state index in [1.807, 2.05) is 30.3 Å². The molecule has 0 unspecified atom stereocenters. The van der Waals surface area contributed by atoms with Gasteiger partial charge in [0.15, 0.2) is 0 Å². The molecule has 0 spiro atoms. The molecule has 0 radical (unpaired) electrons. The van der Waals surface area contributed by atoms with Gasteiger partial charge < -0.3 is 20.5 Å². The summed E-state index contributed by atoms with van der Waals surface area (Å²) in [6, 6.07) is 22.4. The molecule has 4 rings (SSSR count). The van der Waals surface area contributed by atoms with Gasteiger partial charge in [-0.2, -0.15) is 0 Å². The third-order valence-electron chi connectivity index (χ3n) is 7.12. The molecule has 1 amide bonds. The Bertz CT molecular complexity index is 1180. The van der Waals surface area contributed by atoms with Gasteiger partial charge in [0.2, 0.25) is 5.91 Å². The lowest BCUT2D eigenvalue weighted by atomic mass is 9.96. The zero-order valence-electron chi connectivity index (χ0n) is 21.6. The van der Waals surface area contributed by atoms with Crippen LogP contribution in [0, 0.1) is 0 Å². The molecule has 1 heterocycles. The highest BCUT2D eigenvalue weighted by atomic mass is 35.5. The first-order chi connectivity index (χ1) is 17.9.